The van der Waals surface area contributed by atoms with Crippen molar-refractivity contribution < 1.29 is 0 Å². The van der Waals surface area contributed by atoms with Gasteiger partial charge in [-0.1, -0.05) is 24.3 Å². The number of benzene rings is 2. The van der Waals surface area contributed by atoms with Gasteiger partial charge in [0.15, 0.2) is 0 Å². The Morgan fingerprint density at radius 3 is 2.93 bits per heavy atom. The highest BCUT2D eigenvalue weighted by molar-refractivity contribution is 7.80. The van der Waals surface area contributed by atoms with Crippen molar-refractivity contribution in [3.8, 4) is 0 Å². The molecule has 2 nitrogen and oxygen atoms in total. The zero-order valence-electron chi connectivity index (χ0n) is 8.28. The fraction of sp³-hybridized carbons (Fsp3) is 0.0833. The number of hydrogen-bond donors (Lipinski definition) is 2. The van der Waals surface area contributed by atoms with Crippen LogP contribution in [0.1, 0.15) is 5.82 Å². The molecule has 3 heteroatoms. The van der Waals surface area contributed by atoms with Gasteiger partial charge < -0.3 is 4.98 Å². The van der Waals surface area contributed by atoms with Crippen LogP contribution >= 0.6 is 12.6 Å². The molecule has 0 saturated carbocycles. The Hall–Kier alpha value is -1.48. The number of aromatic amines is 1. The molecular weight excluding hydrogens is 204 g/mol. The summed E-state index contributed by atoms with van der Waals surface area (Å²) in [7, 11) is 0. The fourth-order valence-electron chi connectivity index (χ4n) is 1.93. The zero-order chi connectivity index (χ0) is 10.4. The average molecular weight is 214 g/mol. The Morgan fingerprint density at radius 1 is 1.27 bits per heavy atom. The maximum atomic E-state index is 4.50. The summed E-state index contributed by atoms with van der Waals surface area (Å²) in [5.41, 5.74) is 2.03. The predicted molar refractivity (Wildman–Crippen MR) is 65.6 cm³/mol. The Morgan fingerprint density at radius 2 is 2.07 bits per heavy atom. The molecule has 15 heavy (non-hydrogen) atoms. The molecule has 0 saturated heterocycles. The quantitative estimate of drug-likeness (QED) is 0.552. The lowest BCUT2D eigenvalue weighted by Crippen LogP contribution is -1.77. The third kappa shape index (κ3) is 1.23. The number of aryl methyl sites for hydroxylation is 1. The van der Waals surface area contributed by atoms with Crippen molar-refractivity contribution in [2.45, 2.75) is 11.8 Å². The lowest BCUT2D eigenvalue weighted by Gasteiger charge is -2.00. The van der Waals surface area contributed by atoms with E-state index in [0.717, 1.165) is 21.8 Å². The van der Waals surface area contributed by atoms with E-state index in [1.807, 2.05) is 19.1 Å². The predicted octanol–water partition coefficient (Wildman–Crippen LogP) is 3.31. The third-order valence-corrected chi connectivity index (χ3v) is 2.94. The summed E-state index contributed by atoms with van der Waals surface area (Å²) in [5, 5.41) is 2.36. The van der Waals surface area contributed by atoms with Gasteiger partial charge in [0, 0.05) is 10.3 Å². The van der Waals surface area contributed by atoms with Gasteiger partial charge in [0.1, 0.15) is 5.82 Å². The number of nitrogens with zero attached hydrogens (tertiary/aromatic N) is 1. The molecule has 0 aliphatic rings. The molecule has 0 spiro atoms. The molecule has 0 bridgehead atoms. The Kier molecular flexibility index (Phi) is 1.76. The zero-order valence-corrected chi connectivity index (χ0v) is 9.18. The Bertz CT molecular complexity index is 655. The van der Waals surface area contributed by atoms with Crippen molar-refractivity contribution in [1.82, 2.24) is 9.97 Å². The van der Waals surface area contributed by atoms with Crippen LogP contribution in [0.2, 0.25) is 0 Å². The second-order valence-electron chi connectivity index (χ2n) is 3.66. The van der Waals surface area contributed by atoms with Crippen molar-refractivity contribution in [3.63, 3.8) is 0 Å². The molecule has 0 unspecified atom stereocenters. The molecule has 0 aliphatic heterocycles. The van der Waals surface area contributed by atoms with Gasteiger partial charge in [-0.25, -0.2) is 4.98 Å². The van der Waals surface area contributed by atoms with E-state index in [1.54, 1.807) is 0 Å². The molecule has 2 aromatic carbocycles. The number of hydrogen-bond acceptors (Lipinski definition) is 2. The number of fused-ring (bicyclic) bond motifs is 3. The lowest BCUT2D eigenvalue weighted by molar-refractivity contribution is 1.17. The first-order valence-electron chi connectivity index (χ1n) is 4.83. The molecule has 0 aliphatic carbocycles. The summed E-state index contributed by atoms with van der Waals surface area (Å²) < 4.78 is 0. The molecule has 0 fully saturated rings. The fourth-order valence-corrected chi connectivity index (χ4v) is 2.23. The largest absolute Gasteiger partial charge is 0.341 e. The maximum Gasteiger partial charge on any atom is 0.104 e. The van der Waals surface area contributed by atoms with Crippen LogP contribution in [0.3, 0.4) is 0 Å². The molecule has 1 N–H and O–H groups in total. The van der Waals surface area contributed by atoms with Crippen molar-refractivity contribution in [1.29, 1.82) is 0 Å². The van der Waals surface area contributed by atoms with E-state index < -0.39 is 0 Å². The normalized spacial score (nSPS) is 11.3. The lowest BCUT2D eigenvalue weighted by atomic mass is 10.1. The van der Waals surface area contributed by atoms with E-state index >= 15 is 0 Å². The number of nitrogens with one attached hydrogen (secondary N) is 1. The maximum absolute atomic E-state index is 4.50. The van der Waals surface area contributed by atoms with Gasteiger partial charge >= 0.3 is 0 Å². The standard InChI is InChI=1S/C12H10N2S/c1-7-13-11-9-5-3-2-4-8(9)6-10(15)12(11)14-7/h2-6,15H,1H3,(H,13,14). The van der Waals surface area contributed by atoms with Crippen molar-refractivity contribution >= 4 is 34.4 Å². The highest BCUT2D eigenvalue weighted by Gasteiger charge is 2.07. The molecule has 1 heterocycles. The second kappa shape index (κ2) is 3.00. The molecule has 0 radical (unpaired) electrons. The summed E-state index contributed by atoms with van der Waals surface area (Å²) in [6.45, 7) is 1.96. The Balaban J connectivity index is 2.63. The van der Waals surface area contributed by atoms with E-state index in [1.165, 1.54) is 10.8 Å². The summed E-state index contributed by atoms with van der Waals surface area (Å²) in [6, 6.07) is 10.3. The summed E-state index contributed by atoms with van der Waals surface area (Å²) in [6.07, 6.45) is 0. The first-order valence-corrected chi connectivity index (χ1v) is 5.27. The van der Waals surface area contributed by atoms with E-state index in [-0.39, 0.29) is 0 Å². The minimum atomic E-state index is 0.927. The molecule has 3 aromatic rings. The summed E-state index contributed by atoms with van der Waals surface area (Å²) >= 11 is 4.47. The molecular formula is C12H10N2S. The van der Waals surface area contributed by atoms with Gasteiger partial charge in [0.05, 0.1) is 11.0 Å². The van der Waals surface area contributed by atoms with E-state index in [9.17, 15) is 0 Å². The molecule has 3 rings (SSSR count). The van der Waals surface area contributed by atoms with Crippen LogP contribution in [-0.4, -0.2) is 9.97 Å². The van der Waals surface area contributed by atoms with Crippen molar-refractivity contribution in [3.05, 3.63) is 36.2 Å². The van der Waals surface area contributed by atoms with Crippen molar-refractivity contribution in [2.75, 3.05) is 0 Å². The highest BCUT2D eigenvalue weighted by Crippen LogP contribution is 2.28. The number of rotatable bonds is 0. The van der Waals surface area contributed by atoms with Crippen LogP contribution in [-0.2, 0) is 0 Å². The third-order valence-electron chi connectivity index (χ3n) is 2.59. The number of imidazole rings is 1. The van der Waals surface area contributed by atoms with Gasteiger partial charge in [-0.3, -0.25) is 0 Å². The summed E-state index contributed by atoms with van der Waals surface area (Å²) in [5.74, 6) is 0.927. The van der Waals surface area contributed by atoms with Crippen LogP contribution < -0.4 is 0 Å². The molecule has 74 valence electrons. The number of aromatic nitrogens is 2. The summed E-state index contributed by atoms with van der Waals surface area (Å²) in [4.78, 5) is 8.68. The smallest absolute Gasteiger partial charge is 0.104 e. The Labute approximate surface area is 92.7 Å². The second-order valence-corrected chi connectivity index (χ2v) is 4.14. The topological polar surface area (TPSA) is 28.7 Å². The van der Waals surface area contributed by atoms with Gasteiger partial charge in [-0.15, -0.1) is 12.6 Å². The van der Waals surface area contributed by atoms with Gasteiger partial charge in [0.2, 0.25) is 0 Å². The van der Waals surface area contributed by atoms with E-state index in [0.29, 0.717) is 0 Å². The first kappa shape index (κ1) is 8.80. The number of thiol groups is 1. The van der Waals surface area contributed by atoms with Crippen LogP contribution in [0.4, 0.5) is 0 Å². The SMILES string of the molecule is Cc1nc2c([nH]1)c(S)cc1ccccc12. The molecule has 0 atom stereocenters. The minimum Gasteiger partial charge on any atom is -0.341 e. The molecule has 1 aromatic heterocycles. The monoisotopic (exact) mass is 214 g/mol. The van der Waals surface area contributed by atoms with Crippen molar-refractivity contribution in [2.24, 2.45) is 0 Å². The number of H-pyrrole nitrogens is 1. The van der Waals surface area contributed by atoms with Crippen LogP contribution in [0.25, 0.3) is 21.8 Å². The molecule has 0 amide bonds. The van der Waals surface area contributed by atoms with E-state index in [2.05, 4.69) is 40.8 Å². The highest BCUT2D eigenvalue weighted by atomic mass is 32.1. The minimum absolute atomic E-state index is 0.927. The van der Waals surface area contributed by atoms with Crippen LogP contribution in [0.15, 0.2) is 35.2 Å². The van der Waals surface area contributed by atoms with E-state index in [4.69, 9.17) is 0 Å². The average Bonchev–Trinajstić information content (AvgIpc) is 2.61. The van der Waals surface area contributed by atoms with Crippen LogP contribution in [0.5, 0.6) is 0 Å². The van der Waals surface area contributed by atoms with Crippen LogP contribution in [0, 0.1) is 6.92 Å². The van der Waals surface area contributed by atoms with Gasteiger partial charge in [0.25, 0.3) is 0 Å². The first-order chi connectivity index (χ1) is 7.25. The van der Waals surface area contributed by atoms with Gasteiger partial charge in [-0.05, 0) is 18.4 Å². The van der Waals surface area contributed by atoms with Gasteiger partial charge in [-0.2, -0.15) is 0 Å².